The highest BCUT2D eigenvalue weighted by molar-refractivity contribution is 7.89. The molecule has 3 aromatic rings. The molecular formula is C26H26FN3O4S. The Kier molecular flexibility index (Phi) is 7.28. The summed E-state index contributed by atoms with van der Waals surface area (Å²) in [5.74, 6) is -0.973. The Morgan fingerprint density at radius 3 is 2.40 bits per heavy atom. The number of nitrogens with zero attached hydrogens (tertiary/aromatic N) is 1. The van der Waals surface area contributed by atoms with Crippen molar-refractivity contribution in [3.63, 3.8) is 0 Å². The van der Waals surface area contributed by atoms with Crippen LogP contribution < -0.4 is 14.9 Å². The number of amides is 2. The molecule has 0 aliphatic carbocycles. The van der Waals surface area contributed by atoms with E-state index < -0.39 is 22.0 Å². The number of benzene rings is 3. The number of anilines is 1. The van der Waals surface area contributed by atoms with Gasteiger partial charge >= 0.3 is 0 Å². The van der Waals surface area contributed by atoms with Crippen molar-refractivity contribution in [1.29, 1.82) is 0 Å². The van der Waals surface area contributed by atoms with E-state index in [-0.39, 0.29) is 29.6 Å². The summed E-state index contributed by atoms with van der Waals surface area (Å²) in [4.78, 5) is 26.5. The van der Waals surface area contributed by atoms with E-state index in [9.17, 15) is 22.4 Å². The van der Waals surface area contributed by atoms with Crippen LogP contribution in [-0.4, -0.2) is 32.8 Å². The van der Waals surface area contributed by atoms with E-state index in [4.69, 9.17) is 0 Å². The zero-order chi connectivity index (χ0) is 25.0. The Labute approximate surface area is 204 Å². The van der Waals surface area contributed by atoms with E-state index in [2.05, 4.69) is 10.0 Å². The molecule has 0 fully saturated rings. The molecule has 1 atom stereocenters. The number of sulfonamides is 1. The Morgan fingerprint density at radius 2 is 1.71 bits per heavy atom. The Morgan fingerprint density at radius 1 is 1.00 bits per heavy atom. The maximum absolute atomic E-state index is 13.3. The molecular weight excluding hydrogens is 469 g/mol. The van der Waals surface area contributed by atoms with Crippen LogP contribution in [0.5, 0.6) is 0 Å². The zero-order valence-electron chi connectivity index (χ0n) is 19.2. The molecule has 0 saturated heterocycles. The van der Waals surface area contributed by atoms with Crippen LogP contribution in [0.1, 0.15) is 23.6 Å². The molecule has 1 heterocycles. The maximum Gasteiger partial charge on any atom is 0.241 e. The van der Waals surface area contributed by atoms with Crippen molar-refractivity contribution in [3.05, 3.63) is 95.3 Å². The van der Waals surface area contributed by atoms with Crippen molar-refractivity contribution in [3.8, 4) is 0 Å². The van der Waals surface area contributed by atoms with Crippen LogP contribution in [0.3, 0.4) is 0 Å². The fourth-order valence-electron chi connectivity index (χ4n) is 4.08. The highest BCUT2D eigenvalue weighted by atomic mass is 32.2. The highest BCUT2D eigenvalue weighted by Gasteiger charge is 2.28. The van der Waals surface area contributed by atoms with Crippen molar-refractivity contribution in [2.75, 3.05) is 11.4 Å². The lowest BCUT2D eigenvalue weighted by molar-refractivity contribution is -0.123. The van der Waals surface area contributed by atoms with Crippen molar-refractivity contribution in [1.82, 2.24) is 10.0 Å². The minimum absolute atomic E-state index is 0.0334. The molecule has 0 unspecified atom stereocenters. The molecule has 0 saturated carbocycles. The van der Waals surface area contributed by atoms with Crippen LogP contribution >= 0.6 is 0 Å². The Hall–Kier alpha value is -3.56. The monoisotopic (exact) mass is 495 g/mol. The summed E-state index contributed by atoms with van der Waals surface area (Å²) in [6.45, 7) is 2.11. The van der Waals surface area contributed by atoms with Gasteiger partial charge in [-0.25, -0.2) is 12.8 Å². The first-order valence-corrected chi connectivity index (χ1v) is 12.7. The second-order valence-electron chi connectivity index (χ2n) is 8.42. The standard InChI is InChI=1S/C26H26FN3O4S/c1-18(31)30-14-13-21-16-23(11-12-25(21)30)35(33,34)29-24(15-19-5-3-2-4-6-19)26(32)28-17-20-7-9-22(27)10-8-20/h2-12,16,24,29H,13-15,17H2,1H3,(H,28,32)/t24-/m1/s1. The smallest absolute Gasteiger partial charge is 0.241 e. The molecule has 1 aliphatic heterocycles. The quantitative estimate of drug-likeness (QED) is 0.502. The fraction of sp³-hybridized carbons (Fsp3) is 0.231. The number of nitrogens with one attached hydrogen (secondary N) is 2. The topological polar surface area (TPSA) is 95.6 Å². The molecule has 0 spiro atoms. The predicted molar refractivity (Wildman–Crippen MR) is 131 cm³/mol. The van der Waals surface area contributed by atoms with Gasteiger partial charge in [-0.05, 0) is 59.9 Å². The van der Waals surface area contributed by atoms with Crippen LogP contribution in [0, 0.1) is 5.82 Å². The fourth-order valence-corrected chi connectivity index (χ4v) is 5.33. The van der Waals surface area contributed by atoms with Gasteiger partial charge in [-0.2, -0.15) is 4.72 Å². The zero-order valence-corrected chi connectivity index (χ0v) is 20.0. The molecule has 9 heteroatoms. The summed E-state index contributed by atoms with van der Waals surface area (Å²) in [5, 5.41) is 2.74. The number of fused-ring (bicyclic) bond motifs is 1. The van der Waals surface area contributed by atoms with E-state index in [0.29, 0.717) is 24.2 Å². The first-order chi connectivity index (χ1) is 16.7. The maximum atomic E-state index is 13.3. The van der Waals surface area contributed by atoms with Crippen LogP contribution in [0.25, 0.3) is 0 Å². The lowest BCUT2D eigenvalue weighted by Gasteiger charge is -2.20. The van der Waals surface area contributed by atoms with Gasteiger partial charge in [0.15, 0.2) is 0 Å². The molecule has 0 bridgehead atoms. The Bertz CT molecular complexity index is 1330. The molecule has 7 nitrogen and oxygen atoms in total. The molecule has 35 heavy (non-hydrogen) atoms. The lowest BCUT2D eigenvalue weighted by atomic mass is 10.1. The molecule has 0 aromatic heterocycles. The third-order valence-corrected chi connectivity index (χ3v) is 7.38. The normalized spacial score (nSPS) is 13.8. The van der Waals surface area contributed by atoms with Crippen molar-refractivity contribution < 1.29 is 22.4 Å². The number of hydrogen-bond donors (Lipinski definition) is 2. The molecule has 1 aliphatic rings. The van der Waals surface area contributed by atoms with Crippen LogP contribution in [-0.2, 0) is 39.0 Å². The van der Waals surface area contributed by atoms with E-state index in [1.165, 1.54) is 25.1 Å². The molecule has 2 N–H and O–H groups in total. The van der Waals surface area contributed by atoms with Gasteiger partial charge in [0.25, 0.3) is 0 Å². The molecule has 0 radical (unpaired) electrons. The summed E-state index contributed by atoms with van der Waals surface area (Å²) >= 11 is 0. The van der Waals surface area contributed by atoms with Crippen LogP contribution in [0.2, 0.25) is 0 Å². The third kappa shape index (κ3) is 5.93. The number of hydrogen-bond acceptors (Lipinski definition) is 4. The van der Waals surface area contributed by atoms with Gasteiger partial charge in [0.1, 0.15) is 11.9 Å². The van der Waals surface area contributed by atoms with Crippen molar-refractivity contribution in [2.24, 2.45) is 0 Å². The van der Waals surface area contributed by atoms with E-state index in [0.717, 1.165) is 11.1 Å². The minimum atomic E-state index is -4.04. The highest BCUT2D eigenvalue weighted by Crippen LogP contribution is 2.30. The minimum Gasteiger partial charge on any atom is -0.351 e. The van der Waals surface area contributed by atoms with Crippen LogP contribution in [0.15, 0.2) is 77.7 Å². The van der Waals surface area contributed by atoms with E-state index >= 15 is 0 Å². The van der Waals surface area contributed by atoms with Gasteiger partial charge in [-0.1, -0.05) is 42.5 Å². The summed E-state index contributed by atoms with van der Waals surface area (Å²) < 4.78 is 42.2. The van der Waals surface area contributed by atoms with E-state index in [1.54, 1.807) is 29.2 Å². The van der Waals surface area contributed by atoms with Crippen molar-refractivity contribution >= 4 is 27.5 Å². The second-order valence-corrected chi connectivity index (χ2v) is 10.1. The largest absolute Gasteiger partial charge is 0.351 e. The first kappa shape index (κ1) is 24.6. The molecule has 4 rings (SSSR count). The number of halogens is 1. The van der Waals surface area contributed by atoms with Gasteiger partial charge in [0.05, 0.1) is 4.90 Å². The number of carbonyl (C=O) groups is 2. The average molecular weight is 496 g/mol. The van der Waals surface area contributed by atoms with Gasteiger partial charge in [0, 0.05) is 25.7 Å². The summed E-state index contributed by atoms with van der Waals surface area (Å²) in [6.07, 6.45) is 0.711. The van der Waals surface area contributed by atoms with E-state index in [1.807, 2.05) is 30.3 Å². The summed E-state index contributed by atoms with van der Waals surface area (Å²) in [5.41, 5.74) is 2.95. The van der Waals surface area contributed by atoms with Gasteiger partial charge in [0.2, 0.25) is 21.8 Å². The SMILES string of the molecule is CC(=O)N1CCc2cc(S(=O)(=O)N[C@H](Cc3ccccc3)C(=O)NCc3ccc(F)cc3)ccc21. The second kappa shape index (κ2) is 10.4. The summed E-state index contributed by atoms with van der Waals surface area (Å²) in [6, 6.07) is 18.4. The number of carbonyl (C=O) groups excluding carboxylic acids is 2. The third-order valence-electron chi connectivity index (χ3n) is 5.91. The lowest BCUT2D eigenvalue weighted by Crippen LogP contribution is -2.47. The van der Waals surface area contributed by atoms with Crippen LogP contribution in [0.4, 0.5) is 10.1 Å². The first-order valence-electron chi connectivity index (χ1n) is 11.2. The van der Waals surface area contributed by atoms with Gasteiger partial charge in [-0.3, -0.25) is 9.59 Å². The Balaban J connectivity index is 1.54. The van der Waals surface area contributed by atoms with Gasteiger partial charge < -0.3 is 10.2 Å². The predicted octanol–water partition coefficient (Wildman–Crippen LogP) is 2.94. The number of rotatable bonds is 8. The molecule has 3 aromatic carbocycles. The molecule has 2 amide bonds. The average Bonchev–Trinajstić information content (AvgIpc) is 3.27. The van der Waals surface area contributed by atoms with Gasteiger partial charge in [-0.15, -0.1) is 0 Å². The van der Waals surface area contributed by atoms with Crippen molar-refractivity contribution in [2.45, 2.75) is 37.2 Å². The molecule has 182 valence electrons. The summed E-state index contributed by atoms with van der Waals surface area (Å²) in [7, 11) is -4.04.